The van der Waals surface area contributed by atoms with Crippen LogP contribution in [0.5, 0.6) is 0 Å². The van der Waals surface area contributed by atoms with E-state index in [1.54, 1.807) is 0 Å². The second kappa shape index (κ2) is 3.35. The van der Waals surface area contributed by atoms with Gasteiger partial charge in [-0.2, -0.15) is 0 Å². The van der Waals surface area contributed by atoms with Crippen molar-refractivity contribution in [1.29, 1.82) is 0 Å². The summed E-state index contributed by atoms with van der Waals surface area (Å²) in [7, 11) is 0. The molecule has 1 heterocycles. The molecule has 2 heteroatoms. The third-order valence-corrected chi connectivity index (χ3v) is 2.43. The van der Waals surface area contributed by atoms with Gasteiger partial charge in [-0.15, -0.1) is 0 Å². The van der Waals surface area contributed by atoms with Crippen LogP contribution in [0.15, 0.2) is 0 Å². The molecule has 1 saturated heterocycles. The lowest BCUT2D eigenvalue weighted by Gasteiger charge is -2.45. The Hall–Kier alpha value is -0.0800. The minimum atomic E-state index is -0.0427. The van der Waals surface area contributed by atoms with Crippen LogP contribution in [0.3, 0.4) is 0 Å². The highest BCUT2D eigenvalue weighted by molar-refractivity contribution is 4.92. The first-order valence-corrected chi connectivity index (χ1v) is 4.84. The van der Waals surface area contributed by atoms with Crippen LogP contribution in [0.1, 0.15) is 40.0 Å². The molecule has 0 spiro atoms. The van der Waals surface area contributed by atoms with Crippen LogP contribution in [0.2, 0.25) is 0 Å². The molecule has 12 heavy (non-hydrogen) atoms. The first kappa shape index (κ1) is 10.0. The van der Waals surface area contributed by atoms with Gasteiger partial charge in [0.1, 0.15) is 0 Å². The predicted molar refractivity (Wildman–Crippen MR) is 51.0 cm³/mol. The second-order valence-corrected chi connectivity index (χ2v) is 4.91. The van der Waals surface area contributed by atoms with Gasteiger partial charge in [-0.1, -0.05) is 13.3 Å². The summed E-state index contributed by atoms with van der Waals surface area (Å²) in [5, 5.41) is 0. The highest BCUT2D eigenvalue weighted by Gasteiger charge is 2.40. The Bertz CT molecular complexity index is 144. The molecule has 0 aromatic rings. The van der Waals surface area contributed by atoms with Crippen molar-refractivity contribution < 1.29 is 4.74 Å². The van der Waals surface area contributed by atoms with E-state index in [1.165, 1.54) is 12.8 Å². The molecule has 0 aliphatic carbocycles. The van der Waals surface area contributed by atoms with E-state index in [4.69, 9.17) is 10.5 Å². The molecule has 1 rings (SSSR count). The van der Waals surface area contributed by atoms with E-state index in [-0.39, 0.29) is 5.54 Å². The molecule has 0 unspecified atom stereocenters. The molecule has 0 aromatic heterocycles. The molecule has 0 bridgehead atoms. The van der Waals surface area contributed by atoms with Gasteiger partial charge < -0.3 is 10.5 Å². The Morgan fingerprint density at radius 1 is 1.42 bits per heavy atom. The topological polar surface area (TPSA) is 35.2 Å². The number of ether oxygens (including phenoxy) is 1. The molecule has 0 atom stereocenters. The molecule has 0 aromatic carbocycles. The van der Waals surface area contributed by atoms with Gasteiger partial charge in [0.15, 0.2) is 0 Å². The van der Waals surface area contributed by atoms with Gasteiger partial charge in [-0.25, -0.2) is 0 Å². The summed E-state index contributed by atoms with van der Waals surface area (Å²) < 4.78 is 5.28. The van der Waals surface area contributed by atoms with E-state index in [2.05, 4.69) is 20.8 Å². The Labute approximate surface area is 75.5 Å². The maximum atomic E-state index is 6.01. The Morgan fingerprint density at radius 2 is 2.00 bits per heavy atom. The summed E-state index contributed by atoms with van der Waals surface area (Å²) in [6.45, 7) is 8.26. The smallest absolute Gasteiger partial charge is 0.0545 e. The highest BCUT2D eigenvalue weighted by Crippen LogP contribution is 2.39. The van der Waals surface area contributed by atoms with Gasteiger partial charge >= 0.3 is 0 Å². The van der Waals surface area contributed by atoms with E-state index in [1.807, 2.05) is 0 Å². The average Bonchev–Trinajstić information content (AvgIpc) is 1.80. The maximum absolute atomic E-state index is 6.01. The van der Waals surface area contributed by atoms with Crippen LogP contribution in [-0.2, 0) is 4.74 Å². The number of nitrogens with two attached hydrogens (primary N) is 1. The Kier molecular flexibility index (Phi) is 2.79. The third kappa shape index (κ3) is 2.46. The maximum Gasteiger partial charge on any atom is 0.0545 e. The number of hydrogen-bond donors (Lipinski definition) is 1. The van der Waals surface area contributed by atoms with Gasteiger partial charge in [0.05, 0.1) is 13.2 Å². The van der Waals surface area contributed by atoms with Crippen LogP contribution in [-0.4, -0.2) is 18.8 Å². The van der Waals surface area contributed by atoms with Gasteiger partial charge in [0.2, 0.25) is 0 Å². The minimum Gasteiger partial charge on any atom is -0.380 e. The molecule has 2 nitrogen and oxygen atoms in total. The van der Waals surface area contributed by atoms with E-state index >= 15 is 0 Å². The fourth-order valence-electron chi connectivity index (χ4n) is 2.22. The van der Waals surface area contributed by atoms with Crippen molar-refractivity contribution in [1.82, 2.24) is 0 Å². The Balaban J connectivity index is 2.45. The molecule has 0 amide bonds. The van der Waals surface area contributed by atoms with Crippen LogP contribution < -0.4 is 5.73 Å². The second-order valence-electron chi connectivity index (χ2n) is 4.91. The molecule has 1 fully saturated rings. The van der Waals surface area contributed by atoms with Gasteiger partial charge in [-0.05, 0) is 26.7 Å². The van der Waals surface area contributed by atoms with Crippen LogP contribution in [0.25, 0.3) is 0 Å². The van der Waals surface area contributed by atoms with Gasteiger partial charge in [0, 0.05) is 11.0 Å². The number of hydrogen-bond acceptors (Lipinski definition) is 2. The van der Waals surface area contributed by atoms with E-state index in [0.29, 0.717) is 5.41 Å². The van der Waals surface area contributed by atoms with Crippen LogP contribution in [0.4, 0.5) is 0 Å². The van der Waals surface area contributed by atoms with Crippen molar-refractivity contribution in [3.63, 3.8) is 0 Å². The van der Waals surface area contributed by atoms with Crippen molar-refractivity contribution in [3.8, 4) is 0 Å². The molecule has 0 radical (unpaired) electrons. The van der Waals surface area contributed by atoms with Crippen molar-refractivity contribution in [2.45, 2.75) is 45.6 Å². The number of rotatable bonds is 4. The SMILES string of the molecule is CCCC1(CC(C)(C)N)COC1. The predicted octanol–water partition coefficient (Wildman–Crippen LogP) is 1.93. The lowest BCUT2D eigenvalue weighted by Crippen LogP contribution is -2.49. The van der Waals surface area contributed by atoms with Crippen LogP contribution in [0, 0.1) is 5.41 Å². The largest absolute Gasteiger partial charge is 0.380 e. The zero-order valence-corrected chi connectivity index (χ0v) is 8.52. The van der Waals surface area contributed by atoms with E-state index < -0.39 is 0 Å². The molecule has 1 aliphatic heterocycles. The molecule has 1 aliphatic rings. The van der Waals surface area contributed by atoms with E-state index in [0.717, 1.165) is 19.6 Å². The minimum absolute atomic E-state index is 0.0427. The fraction of sp³-hybridized carbons (Fsp3) is 1.00. The first-order valence-electron chi connectivity index (χ1n) is 4.84. The van der Waals surface area contributed by atoms with E-state index in [9.17, 15) is 0 Å². The zero-order valence-electron chi connectivity index (χ0n) is 8.52. The van der Waals surface area contributed by atoms with Gasteiger partial charge in [0.25, 0.3) is 0 Å². The zero-order chi connectivity index (χ0) is 9.24. The lowest BCUT2D eigenvalue weighted by atomic mass is 9.73. The Morgan fingerprint density at radius 3 is 2.25 bits per heavy atom. The van der Waals surface area contributed by atoms with Crippen molar-refractivity contribution >= 4 is 0 Å². The van der Waals surface area contributed by atoms with Gasteiger partial charge in [-0.3, -0.25) is 0 Å². The standard InChI is InChI=1S/C10H21NO/c1-4-5-10(7-12-8-10)6-9(2,3)11/h4-8,11H2,1-3H3. The van der Waals surface area contributed by atoms with Crippen molar-refractivity contribution in [2.24, 2.45) is 11.1 Å². The third-order valence-electron chi connectivity index (χ3n) is 2.43. The fourth-order valence-corrected chi connectivity index (χ4v) is 2.22. The van der Waals surface area contributed by atoms with Crippen molar-refractivity contribution in [2.75, 3.05) is 13.2 Å². The summed E-state index contributed by atoms with van der Waals surface area (Å²) in [6, 6.07) is 0. The monoisotopic (exact) mass is 171 g/mol. The summed E-state index contributed by atoms with van der Waals surface area (Å²) in [6.07, 6.45) is 3.58. The van der Waals surface area contributed by atoms with Crippen molar-refractivity contribution in [3.05, 3.63) is 0 Å². The lowest BCUT2D eigenvalue weighted by molar-refractivity contribution is -0.129. The molecule has 2 N–H and O–H groups in total. The summed E-state index contributed by atoms with van der Waals surface area (Å²) in [4.78, 5) is 0. The molecule has 0 saturated carbocycles. The quantitative estimate of drug-likeness (QED) is 0.701. The first-order chi connectivity index (χ1) is 5.47. The molecular formula is C10H21NO. The van der Waals surface area contributed by atoms with Crippen LogP contribution >= 0.6 is 0 Å². The average molecular weight is 171 g/mol. The summed E-state index contributed by atoms with van der Waals surface area (Å²) in [5.74, 6) is 0. The molecule has 72 valence electrons. The highest BCUT2D eigenvalue weighted by atomic mass is 16.5. The molecular weight excluding hydrogens is 150 g/mol. The normalized spacial score (nSPS) is 22.0. The summed E-state index contributed by atoms with van der Waals surface area (Å²) >= 11 is 0. The summed E-state index contributed by atoms with van der Waals surface area (Å²) in [5.41, 5.74) is 6.37.